The summed E-state index contributed by atoms with van der Waals surface area (Å²) in [7, 11) is 2.13. The second kappa shape index (κ2) is 9.43. The summed E-state index contributed by atoms with van der Waals surface area (Å²) in [5, 5.41) is 8.42. The number of hydrogen-bond acceptors (Lipinski definition) is 7. The third-order valence-corrected chi connectivity index (χ3v) is 7.45. The van der Waals surface area contributed by atoms with Crippen LogP contribution in [0.5, 0.6) is 0 Å². The third-order valence-electron chi connectivity index (χ3n) is 6.48. The van der Waals surface area contributed by atoms with Crippen LogP contribution >= 0.6 is 11.3 Å². The molecule has 2 aromatic heterocycles. The van der Waals surface area contributed by atoms with Crippen molar-refractivity contribution in [3.8, 4) is 0 Å². The first-order chi connectivity index (χ1) is 14.5. The fourth-order valence-corrected chi connectivity index (χ4v) is 5.39. The maximum absolute atomic E-state index is 12.8. The third kappa shape index (κ3) is 4.83. The molecule has 1 aliphatic heterocycles. The molecule has 1 saturated heterocycles. The molecular formula is C21H32N6O2S. The van der Waals surface area contributed by atoms with Crippen molar-refractivity contribution in [1.82, 2.24) is 24.8 Å². The second-order valence-corrected chi connectivity index (χ2v) is 9.69. The molecule has 2 aromatic rings. The summed E-state index contributed by atoms with van der Waals surface area (Å²) in [6, 6.07) is 1.90. The topological polar surface area (TPSA) is 82.8 Å². The average Bonchev–Trinajstić information content (AvgIpc) is 3.18. The summed E-state index contributed by atoms with van der Waals surface area (Å²) in [6.45, 7) is 5.50. The lowest BCUT2D eigenvalue weighted by Gasteiger charge is -2.31. The molecule has 1 aliphatic carbocycles. The number of aromatic nitrogens is 3. The Morgan fingerprint density at radius 3 is 2.70 bits per heavy atom. The van der Waals surface area contributed by atoms with Gasteiger partial charge in [0.1, 0.15) is 5.69 Å². The minimum absolute atomic E-state index is 0.262. The molecule has 1 saturated carbocycles. The van der Waals surface area contributed by atoms with Crippen LogP contribution in [-0.4, -0.2) is 64.7 Å². The first-order valence-corrected chi connectivity index (χ1v) is 12.0. The summed E-state index contributed by atoms with van der Waals surface area (Å²) in [4.78, 5) is 34.0. The van der Waals surface area contributed by atoms with Crippen LogP contribution in [0.3, 0.4) is 0 Å². The van der Waals surface area contributed by atoms with Crippen LogP contribution in [0.2, 0.25) is 0 Å². The molecule has 164 valence electrons. The van der Waals surface area contributed by atoms with E-state index in [1.54, 1.807) is 0 Å². The molecule has 2 aliphatic rings. The number of anilines is 1. The van der Waals surface area contributed by atoms with Gasteiger partial charge in [-0.05, 0) is 38.6 Å². The Morgan fingerprint density at radius 2 is 1.97 bits per heavy atom. The van der Waals surface area contributed by atoms with Crippen LogP contribution < -0.4 is 15.8 Å². The van der Waals surface area contributed by atoms with E-state index in [9.17, 15) is 9.59 Å². The van der Waals surface area contributed by atoms with Crippen LogP contribution in [0.4, 0.5) is 5.13 Å². The zero-order valence-electron chi connectivity index (χ0n) is 18.0. The first-order valence-electron chi connectivity index (χ1n) is 11.2. The standard InChI is InChI=1S/C21H32N6O2S/c1-15-8-11-26(12-9-15)21-24-27-17(14-18(28)23-20(27)30-21)19(29)22-10-13-25(2)16-6-4-3-5-7-16/h14-16H,3-13H2,1-2H3,(H,22,29). The molecular weight excluding hydrogens is 400 g/mol. The molecule has 2 fully saturated rings. The number of likely N-dealkylation sites (N-methyl/N-ethyl adjacent to an activating group) is 1. The quantitative estimate of drug-likeness (QED) is 0.755. The van der Waals surface area contributed by atoms with E-state index in [0.717, 1.165) is 43.5 Å². The van der Waals surface area contributed by atoms with Crippen LogP contribution in [-0.2, 0) is 0 Å². The highest BCUT2D eigenvalue weighted by atomic mass is 32.1. The smallest absolute Gasteiger partial charge is 0.274 e. The van der Waals surface area contributed by atoms with Gasteiger partial charge in [-0.25, -0.2) is 0 Å². The van der Waals surface area contributed by atoms with Crippen molar-refractivity contribution >= 4 is 27.3 Å². The van der Waals surface area contributed by atoms with Crippen LogP contribution in [0.1, 0.15) is 62.4 Å². The van der Waals surface area contributed by atoms with Gasteiger partial charge < -0.3 is 15.1 Å². The van der Waals surface area contributed by atoms with Crippen molar-refractivity contribution in [1.29, 1.82) is 0 Å². The molecule has 0 unspecified atom stereocenters. The Kier molecular flexibility index (Phi) is 6.67. The Bertz CT molecular complexity index is 927. The number of amides is 1. The lowest BCUT2D eigenvalue weighted by molar-refractivity contribution is 0.0937. The molecule has 0 aromatic carbocycles. The Balaban J connectivity index is 1.43. The highest BCUT2D eigenvalue weighted by Gasteiger charge is 2.22. The molecule has 8 nitrogen and oxygen atoms in total. The number of carbonyl (C=O) groups excluding carboxylic acids is 1. The molecule has 0 atom stereocenters. The van der Waals surface area contributed by atoms with Crippen LogP contribution in [0, 0.1) is 5.92 Å². The van der Waals surface area contributed by atoms with Gasteiger partial charge >= 0.3 is 0 Å². The van der Waals surface area contributed by atoms with Gasteiger partial charge in [-0.2, -0.15) is 9.50 Å². The fourth-order valence-electron chi connectivity index (χ4n) is 4.44. The van der Waals surface area contributed by atoms with Gasteiger partial charge in [-0.3, -0.25) is 9.59 Å². The maximum atomic E-state index is 12.8. The number of nitrogens with one attached hydrogen (secondary N) is 1. The molecule has 4 rings (SSSR count). The highest BCUT2D eigenvalue weighted by Crippen LogP contribution is 2.27. The van der Waals surface area contributed by atoms with Crippen molar-refractivity contribution in [3.05, 3.63) is 22.1 Å². The maximum Gasteiger partial charge on any atom is 0.274 e. The van der Waals surface area contributed by atoms with Crippen LogP contribution in [0.25, 0.3) is 4.96 Å². The van der Waals surface area contributed by atoms with E-state index in [4.69, 9.17) is 0 Å². The Morgan fingerprint density at radius 1 is 1.23 bits per heavy atom. The summed E-state index contributed by atoms with van der Waals surface area (Å²) in [6.07, 6.45) is 8.65. The first kappa shape index (κ1) is 21.2. The van der Waals surface area contributed by atoms with Gasteiger partial charge in [0.05, 0.1) is 0 Å². The molecule has 0 bridgehead atoms. The number of hydrogen-bond donors (Lipinski definition) is 1. The average molecular weight is 433 g/mol. The van der Waals surface area contributed by atoms with E-state index in [1.165, 1.54) is 54.0 Å². The van der Waals surface area contributed by atoms with Gasteiger partial charge in [0.2, 0.25) is 10.1 Å². The summed E-state index contributed by atoms with van der Waals surface area (Å²) in [5.74, 6) is 0.452. The normalized spacial score (nSPS) is 19.0. The fraction of sp³-hybridized carbons (Fsp3) is 0.714. The molecule has 1 amide bonds. The van der Waals surface area contributed by atoms with Crippen molar-refractivity contribution in [3.63, 3.8) is 0 Å². The van der Waals surface area contributed by atoms with Gasteiger partial charge in [0, 0.05) is 38.3 Å². The van der Waals surface area contributed by atoms with E-state index < -0.39 is 5.56 Å². The Labute approximate surface area is 181 Å². The summed E-state index contributed by atoms with van der Waals surface area (Å²) in [5.41, 5.74) is -0.139. The lowest BCUT2D eigenvalue weighted by atomic mass is 9.94. The van der Waals surface area contributed by atoms with Gasteiger partial charge in [-0.1, -0.05) is 37.5 Å². The zero-order chi connectivity index (χ0) is 21.1. The number of carbonyl (C=O) groups is 1. The highest BCUT2D eigenvalue weighted by molar-refractivity contribution is 7.20. The van der Waals surface area contributed by atoms with E-state index >= 15 is 0 Å². The van der Waals surface area contributed by atoms with E-state index in [0.29, 0.717) is 17.5 Å². The largest absolute Gasteiger partial charge is 0.349 e. The number of piperidine rings is 1. The van der Waals surface area contributed by atoms with Crippen molar-refractivity contribution in [2.45, 2.75) is 57.9 Å². The lowest BCUT2D eigenvalue weighted by Crippen LogP contribution is -2.40. The van der Waals surface area contributed by atoms with Crippen molar-refractivity contribution in [2.75, 3.05) is 38.1 Å². The molecule has 0 radical (unpaired) electrons. The monoisotopic (exact) mass is 432 g/mol. The van der Waals surface area contributed by atoms with Gasteiger partial charge in [-0.15, -0.1) is 5.10 Å². The minimum atomic E-state index is -0.401. The molecule has 1 N–H and O–H groups in total. The molecule has 0 spiro atoms. The number of rotatable bonds is 6. The Hall–Kier alpha value is -2.00. The predicted octanol–water partition coefficient (Wildman–Crippen LogP) is 2.38. The molecule has 3 heterocycles. The summed E-state index contributed by atoms with van der Waals surface area (Å²) < 4.78 is 1.53. The van der Waals surface area contributed by atoms with E-state index in [-0.39, 0.29) is 11.6 Å². The number of fused-ring (bicyclic) bond motifs is 1. The van der Waals surface area contributed by atoms with Crippen LogP contribution in [0.15, 0.2) is 10.9 Å². The number of nitrogens with zero attached hydrogens (tertiary/aromatic N) is 5. The predicted molar refractivity (Wildman–Crippen MR) is 120 cm³/mol. The second-order valence-electron chi connectivity index (χ2n) is 8.76. The summed E-state index contributed by atoms with van der Waals surface area (Å²) >= 11 is 1.38. The van der Waals surface area contributed by atoms with Crippen molar-refractivity contribution in [2.24, 2.45) is 5.92 Å². The van der Waals surface area contributed by atoms with Gasteiger partial charge in [0.15, 0.2) is 0 Å². The van der Waals surface area contributed by atoms with E-state index in [2.05, 4.69) is 39.2 Å². The molecule has 9 heteroatoms. The molecule has 30 heavy (non-hydrogen) atoms. The van der Waals surface area contributed by atoms with E-state index in [1.807, 2.05) is 0 Å². The SMILES string of the molecule is CC1CCN(c2nn3c(C(=O)NCCN(C)C4CCCCC4)cc(=O)nc3s2)CC1. The zero-order valence-corrected chi connectivity index (χ0v) is 18.8. The van der Waals surface area contributed by atoms with Gasteiger partial charge in [0.25, 0.3) is 11.5 Å². The minimum Gasteiger partial charge on any atom is -0.349 e. The van der Waals surface area contributed by atoms with Crippen molar-refractivity contribution < 1.29 is 4.79 Å².